The van der Waals surface area contributed by atoms with Crippen molar-refractivity contribution < 1.29 is 8.42 Å². The van der Waals surface area contributed by atoms with E-state index in [0.717, 1.165) is 10.0 Å². The van der Waals surface area contributed by atoms with Crippen LogP contribution in [0.25, 0.3) is 0 Å². The molecule has 0 atom stereocenters. The van der Waals surface area contributed by atoms with Gasteiger partial charge in [-0.3, -0.25) is 4.72 Å². The standard InChI is InChI=1S/C13H11Br3N2O2S/c1-7-4-11(16)13(6-9(7)14)21(19,20)18-12-3-2-8(17)5-10(12)15/h2-6,18H,17H2,1H3. The fourth-order valence-corrected chi connectivity index (χ4v) is 5.03. The van der Waals surface area contributed by atoms with E-state index >= 15 is 0 Å². The molecule has 0 aromatic heterocycles. The summed E-state index contributed by atoms with van der Waals surface area (Å²) in [4.78, 5) is 0.156. The molecule has 3 N–H and O–H groups in total. The number of hydrogen-bond donors (Lipinski definition) is 2. The van der Waals surface area contributed by atoms with Crippen LogP contribution in [0, 0.1) is 6.92 Å². The van der Waals surface area contributed by atoms with E-state index in [4.69, 9.17) is 5.73 Å². The van der Waals surface area contributed by atoms with Crippen LogP contribution in [-0.4, -0.2) is 8.42 Å². The third-order valence-electron chi connectivity index (χ3n) is 2.74. The molecule has 0 bridgehead atoms. The van der Waals surface area contributed by atoms with Crippen molar-refractivity contribution in [3.05, 3.63) is 49.3 Å². The maximum absolute atomic E-state index is 12.5. The summed E-state index contributed by atoms with van der Waals surface area (Å²) in [6.07, 6.45) is 0. The molecule has 0 aliphatic rings. The highest BCUT2D eigenvalue weighted by Gasteiger charge is 2.20. The maximum atomic E-state index is 12.5. The lowest BCUT2D eigenvalue weighted by Crippen LogP contribution is -2.14. The zero-order valence-corrected chi connectivity index (χ0v) is 16.4. The quantitative estimate of drug-likeness (QED) is 0.604. The fourth-order valence-electron chi connectivity index (χ4n) is 1.65. The smallest absolute Gasteiger partial charge is 0.263 e. The molecule has 0 aliphatic carbocycles. The molecule has 2 aromatic rings. The van der Waals surface area contributed by atoms with Crippen molar-refractivity contribution in [1.29, 1.82) is 0 Å². The Morgan fingerprint density at radius 1 is 1.00 bits per heavy atom. The summed E-state index contributed by atoms with van der Waals surface area (Å²) >= 11 is 9.92. The van der Waals surface area contributed by atoms with E-state index in [1.165, 1.54) is 0 Å². The molecule has 0 saturated heterocycles. The number of anilines is 2. The maximum Gasteiger partial charge on any atom is 0.263 e. The molecule has 0 saturated carbocycles. The molecule has 8 heteroatoms. The molecule has 0 amide bonds. The molecular formula is C13H11Br3N2O2S. The number of benzene rings is 2. The van der Waals surface area contributed by atoms with Crippen LogP contribution in [0.5, 0.6) is 0 Å². The zero-order chi connectivity index (χ0) is 15.8. The summed E-state index contributed by atoms with van der Waals surface area (Å²) in [7, 11) is -3.72. The second-order valence-corrected chi connectivity index (χ2v) is 8.59. The zero-order valence-electron chi connectivity index (χ0n) is 10.8. The number of hydrogen-bond acceptors (Lipinski definition) is 3. The molecule has 0 radical (unpaired) electrons. The summed E-state index contributed by atoms with van der Waals surface area (Å²) < 4.78 is 29.4. The van der Waals surface area contributed by atoms with Gasteiger partial charge in [-0.1, -0.05) is 15.9 Å². The number of rotatable bonds is 3. The molecule has 0 heterocycles. The lowest BCUT2D eigenvalue weighted by molar-refractivity contribution is 0.600. The lowest BCUT2D eigenvalue weighted by atomic mass is 10.2. The van der Waals surface area contributed by atoms with Gasteiger partial charge in [0.25, 0.3) is 10.0 Å². The minimum atomic E-state index is -3.72. The second-order valence-electron chi connectivity index (χ2n) is 4.38. The van der Waals surface area contributed by atoms with Gasteiger partial charge >= 0.3 is 0 Å². The molecule has 4 nitrogen and oxygen atoms in total. The van der Waals surface area contributed by atoms with Crippen molar-refractivity contribution in [2.75, 3.05) is 10.5 Å². The molecule has 2 aromatic carbocycles. The topological polar surface area (TPSA) is 72.2 Å². The second kappa shape index (κ2) is 6.28. The first kappa shape index (κ1) is 16.8. The molecule has 0 aliphatic heterocycles. The van der Waals surface area contributed by atoms with E-state index in [0.29, 0.717) is 20.3 Å². The van der Waals surface area contributed by atoms with Crippen molar-refractivity contribution >= 4 is 69.2 Å². The van der Waals surface area contributed by atoms with E-state index in [2.05, 4.69) is 52.5 Å². The molecule has 0 fully saturated rings. The Labute approximate surface area is 148 Å². The largest absolute Gasteiger partial charge is 0.399 e. The lowest BCUT2D eigenvalue weighted by Gasteiger charge is -2.12. The number of aryl methyl sites for hydroxylation is 1. The van der Waals surface area contributed by atoms with E-state index in [1.807, 2.05) is 6.92 Å². The summed E-state index contributed by atoms with van der Waals surface area (Å²) in [5, 5.41) is 0. The highest BCUT2D eigenvalue weighted by molar-refractivity contribution is 9.11. The van der Waals surface area contributed by atoms with Crippen LogP contribution in [-0.2, 0) is 10.0 Å². The minimum Gasteiger partial charge on any atom is -0.399 e. The Morgan fingerprint density at radius 3 is 2.29 bits per heavy atom. The molecule has 0 spiro atoms. The number of nitrogens with one attached hydrogen (secondary N) is 1. The number of nitrogen functional groups attached to an aromatic ring is 1. The van der Waals surface area contributed by atoms with E-state index < -0.39 is 10.0 Å². The minimum absolute atomic E-state index is 0.156. The van der Waals surface area contributed by atoms with Gasteiger partial charge in [0.2, 0.25) is 0 Å². The first-order valence-electron chi connectivity index (χ1n) is 5.74. The van der Waals surface area contributed by atoms with Gasteiger partial charge in [0.05, 0.1) is 5.69 Å². The predicted molar refractivity (Wildman–Crippen MR) is 95.9 cm³/mol. The third kappa shape index (κ3) is 3.80. The molecular weight excluding hydrogens is 488 g/mol. The van der Waals surface area contributed by atoms with Crippen LogP contribution in [0.3, 0.4) is 0 Å². The normalized spacial score (nSPS) is 11.4. The van der Waals surface area contributed by atoms with Crippen LogP contribution in [0.15, 0.2) is 48.6 Å². The van der Waals surface area contributed by atoms with Crippen LogP contribution >= 0.6 is 47.8 Å². The number of sulfonamides is 1. The average Bonchev–Trinajstić information content (AvgIpc) is 2.37. The first-order valence-corrected chi connectivity index (χ1v) is 9.60. The SMILES string of the molecule is Cc1cc(Br)c(S(=O)(=O)Nc2ccc(N)cc2Br)cc1Br. The highest BCUT2D eigenvalue weighted by Crippen LogP contribution is 2.32. The van der Waals surface area contributed by atoms with Gasteiger partial charge in [-0.2, -0.15) is 0 Å². The highest BCUT2D eigenvalue weighted by atomic mass is 79.9. The number of nitrogens with two attached hydrogens (primary N) is 1. The van der Waals surface area contributed by atoms with Crippen molar-refractivity contribution in [2.24, 2.45) is 0 Å². The van der Waals surface area contributed by atoms with Gasteiger partial charge in [-0.15, -0.1) is 0 Å². The Kier molecular flexibility index (Phi) is 5.02. The van der Waals surface area contributed by atoms with Crippen molar-refractivity contribution in [1.82, 2.24) is 0 Å². The van der Waals surface area contributed by atoms with E-state index in [9.17, 15) is 8.42 Å². The summed E-state index contributed by atoms with van der Waals surface area (Å²) in [5.41, 5.74) is 7.55. The average molecular weight is 499 g/mol. The van der Waals surface area contributed by atoms with Gasteiger partial charge in [0.1, 0.15) is 4.90 Å². The van der Waals surface area contributed by atoms with Gasteiger partial charge in [0.15, 0.2) is 0 Å². The van der Waals surface area contributed by atoms with Crippen LogP contribution in [0.2, 0.25) is 0 Å². The van der Waals surface area contributed by atoms with Crippen LogP contribution in [0.4, 0.5) is 11.4 Å². The van der Waals surface area contributed by atoms with E-state index in [1.54, 1.807) is 30.3 Å². The molecule has 21 heavy (non-hydrogen) atoms. The summed E-state index contributed by atoms with van der Waals surface area (Å²) in [6, 6.07) is 8.18. The Bertz CT molecular complexity index is 807. The monoisotopic (exact) mass is 496 g/mol. The van der Waals surface area contributed by atoms with Crippen molar-refractivity contribution in [2.45, 2.75) is 11.8 Å². The van der Waals surface area contributed by atoms with Crippen molar-refractivity contribution in [3.63, 3.8) is 0 Å². The van der Waals surface area contributed by atoms with E-state index in [-0.39, 0.29) is 4.90 Å². The summed E-state index contributed by atoms with van der Waals surface area (Å²) in [5.74, 6) is 0. The third-order valence-corrected chi connectivity index (χ3v) is 6.57. The van der Waals surface area contributed by atoms with Gasteiger partial charge < -0.3 is 5.73 Å². The van der Waals surface area contributed by atoms with Crippen LogP contribution < -0.4 is 10.5 Å². The first-order chi connectivity index (χ1) is 9.70. The van der Waals surface area contributed by atoms with Gasteiger partial charge in [-0.05, 0) is 74.7 Å². The fraction of sp³-hybridized carbons (Fsp3) is 0.0769. The molecule has 0 unspecified atom stereocenters. The molecule has 112 valence electrons. The Morgan fingerprint density at radius 2 is 1.67 bits per heavy atom. The number of halogens is 3. The van der Waals surface area contributed by atoms with Gasteiger partial charge in [0, 0.05) is 19.1 Å². The Balaban J connectivity index is 2.46. The Hall–Kier alpha value is -0.570. The van der Waals surface area contributed by atoms with Crippen LogP contribution in [0.1, 0.15) is 5.56 Å². The van der Waals surface area contributed by atoms with Crippen molar-refractivity contribution in [3.8, 4) is 0 Å². The summed E-state index contributed by atoms with van der Waals surface area (Å²) in [6.45, 7) is 1.88. The molecule has 2 rings (SSSR count). The predicted octanol–water partition coefficient (Wildman–Crippen LogP) is 4.67. The van der Waals surface area contributed by atoms with Gasteiger partial charge in [-0.25, -0.2) is 8.42 Å².